The quantitative estimate of drug-likeness (QED) is 0.363. The first-order valence-electron chi connectivity index (χ1n) is 10.9. The van der Waals surface area contributed by atoms with Crippen LogP contribution in [-0.2, 0) is 27.2 Å². The van der Waals surface area contributed by atoms with Gasteiger partial charge in [-0.05, 0) is 55.5 Å². The molecule has 1 aromatic heterocycles. The van der Waals surface area contributed by atoms with Crippen LogP contribution in [0.15, 0.2) is 52.9 Å². The molecule has 172 valence electrons. The minimum absolute atomic E-state index is 0.0635. The Morgan fingerprint density at radius 2 is 1.97 bits per heavy atom. The summed E-state index contributed by atoms with van der Waals surface area (Å²) >= 11 is 2.62. The summed E-state index contributed by atoms with van der Waals surface area (Å²) in [4.78, 5) is 27.0. The van der Waals surface area contributed by atoms with E-state index in [1.165, 1.54) is 28.7 Å². The number of nitrogens with zero attached hydrogens (tertiary/aromatic N) is 3. The van der Waals surface area contributed by atoms with E-state index in [1.54, 1.807) is 11.8 Å². The number of rotatable bonds is 8. The number of anilines is 3. The van der Waals surface area contributed by atoms with Gasteiger partial charge >= 0.3 is 5.97 Å². The van der Waals surface area contributed by atoms with Crippen LogP contribution in [0, 0.1) is 0 Å². The highest BCUT2D eigenvalue weighted by atomic mass is 32.2. The van der Waals surface area contributed by atoms with Gasteiger partial charge in [-0.25, -0.2) is 0 Å². The number of thioether (sulfide) groups is 1. The third kappa shape index (κ3) is 5.91. The van der Waals surface area contributed by atoms with Crippen molar-refractivity contribution in [2.24, 2.45) is 0 Å². The number of para-hydroxylation sites is 1. The topological polar surface area (TPSA) is 84.4 Å². The Morgan fingerprint density at radius 1 is 1.18 bits per heavy atom. The Balaban J connectivity index is 1.27. The van der Waals surface area contributed by atoms with Gasteiger partial charge in [0.05, 0.1) is 5.75 Å². The van der Waals surface area contributed by atoms with Crippen molar-refractivity contribution in [3.63, 3.8) is 0 Å². The monoisotopic (exact) mass is 482 g/mol. The predicted octanol–water partition coefficient (Wildman–Crippen LogP) is 4.85. The fourth-order valence-corrected chi connectivity index (χ4v) is 5.20. The van der Waals surface area contributed by atoms with Gasteiger partial charge in [-0.15, -0.1) is 10.2 Å². The number of aryl methyl sites for hydroxylation is 2. The molecule has 0 aliphatic carbocycles. The van der Waals surface area contributed by atoms with Gasteiger partial charge in [0.25, 0.3) is 5.91 Å². The Hall–Kier alpha value is -2.91. The normalized spacial score (nSPS) is 13.8. The van der Waals surface area contributed by atoms with Crippen molar-refractivity contribution in [3.05, 3.63) is 59.7 Å². The van der Waals surface area contributed by atoms with Crippen molar-refractivity contribution in [2.75, 3.05) is 22.5 Å². The van der Waals surface area contributed by atoms with E-state index in [9.17, 15) is 9.59 Å². The maximum absolute atomic E-state index is 12.9. The van der Waals surface area contributed by atoms with Gasteiger partial charge in [-0.1, -0.05) is 60.4 Å². The van der Waals surface area contributed by atoms with Gasteiger partial charge in [0.1, 0.15) is 0 Å². The summed E-state index contributed by atoms with van der Waals surface area (Å²) in [5.74, 6) is -0.586. The van der Waals surface area contributed by atoms with Crippen molar-refractivity contribution in [1.29, 1.82) is 0 Å². The Morgan fingerprint density at radius 3 is 2.76 bits per heavy atom. The molecule has 1 aliphatic rings. The van der Waals surface area contributed by atoms with Crippen LogP contribution >= 0.6 is 23.1 Å². The average Bonchev–Trinajstić information content (AvgIpc) is 3.29. The second-order valence-electron chi connectivity index (χ2n) is 7.69. The van der Waals surface area contributed by atoms with Crippen LogP contribution < -0.4 is 10.2 Å². The molecule has 1 amide bonds. The van der Waals surface area contributed by atoms with E-state index in [0.29, 0.717) is 16.0 Å². The van der Waals surface area contributed by atoms with Crippen LogP contribution in [0.4, 0.5) is 16.5 Å². The second-order valence-corrected chi connectivity index (χ2v) is 9.89. The average molecular weight is 483 g/mol. The van der Waals surface area contributed by atoms with Gasteiger partial charge < -0.3 is 15.0 Å². The van der Waals surface area contributed by atoms with E-state index in [4.69, 9.17) is 4.74 Å². The molecular formula is C24H26N4O3S2. The molecule has 3 aromatic rings. The number of hydrogen-bond donors (Lipinski definition) is 1. The van der Waals surface area contributed by atoms with Crippen LogP contribution in [0.2, 0.25) is 0 Å². The smallest absolute Gasteiger partial charge is 0.317 e. The summed E-state index contributed by atoms with van der Waals surface area (Å²) in [6.07, 6.45) is 2.00. The minimum atomic E-state index is -0.845. The zero-order valence-corrected chi connectivity index (χ0v) is 20.2. The molecule has 0 radical (unpaired) electrons. The fourth-order valence-electron chi connectivity index (χ4n) is 3.65. The number of carbonyl (C=O) groups excluding carboxylic acids is 2. The number of hydrogen-bond acceptors (Lipinski definition) is 8. The van der Waals surface area contributed by atoms with E-state index >= 15 is 0 Å². The third-order valence-electron chi connectivity index (χ3n) is 5.37. The Labute approximate surface area is 201 Å². The van der Waals surface area contributed by atoms with E-state index in [2.05, 4.69) is 34.6 Å². The summed E-state index contributed by atoms with van der Waals surface area (Å²) in [5.41, 5.74) is 4.26. The number of carbonyl (C=O) groups is 2. The zero-order valence-electron chi connectivity index (χ0n) is 18.6. The van der Waals surface area contributed by atoms with Gasteiger partial charge in [0, 0.05) is 17.9 Å². The molecule has 1 atom stereocenters. The van der Waals surface area contributed by atoms with Crippen LogP contribution in [-0.4, -0.2) is 40.5 Å². The van der Waals surface area contributed by atoms with Crippen molar-refractivity contribution >= 4 is 51.5 Å². The first-order valence-corrected chi connectivity index (χ1v) is 12.7. The first-order chi connectivity index (χ1) is 16.0. The van der Waals surface area contributed by atoms with Crippen molar-refractivity contribution in [1.82, 2.24) is 10.2 Å². The second kappa shape index (κ2) is 10.8. The predicted molar refractivity (Wildman–Crippen MR) is 132 cm³/mol. The van der Waals surface area contributed by atoms with Crippen LogP contribution in [0.25, 0.3) is 0 Å². The summed E-state index contributed by atoms with van der Waals surface area (Å²) in [7, 11) is 0. The molecule has 9 heteroatoms. The molecule has 4 rings (SSSR count). The largest absolute Gasteiger partial charge is 0.452 e. The lowest BCUT2D eigenvalue weighted by Crippen LogP contribution is -2.43. The molecule has 0 bridgehead atoms. The number of aromatic nitrogens is 2. The summed E-state index contributed by atoms with van der Waals surface area (Å²) in [6, 6.07) is 16.0. The molecule has 0 saturated heterocycles. The SMILES string of the molecule is CCc1ccc(Nc2nnc(SCC(=O)OC(C)C(=O)N3CCCc4ccccc43)s2)cc1. The number of benzene rings is 2. The standard InChI is InChI=1S/C24H26N4O3S2/c1-3-17-10-12-19(13-11-17)25-23-26-27-24(33-23)32-15-21(29)31-16(2)22(30)28-14-6-8-18-7-4-5-9-20(18)28/h4-5,7,9-13,16H,3,6,8,14-15H2,1-2H3,(H,25,26). The number of ether oxygens (including phenoxy) is 1. The van der Waals surface area contributed by atoms with Crippen molar-refractivity contribution < 1.29 is 14.3 Å². The van der Waals surface area contributed by atoms with E-state index in [-0.39, 0.29) is 11.7 Å². The molecule has 1 aliphatic heterocycles. The number of esters is 1. The summed E-state index contributed by atoms with van der Waals surface area (Å²) in [5, 5.41) is 12.1. The summed E-state index contributed by atoms with van der Waals surface area (Å²) < 4.78 is 6.07. The van der Waals surface area contributed by atoms with Crippen molar-refractivity contribution in [3.8, 4) is 0 Å². The molecule has 1 N–H and O–H groups in total. The molecule has 0 saturated carbocycles. The van der Waals surface area contributed by atoms with Crippen LogP contribution in [0.5, 0.6) is 0 Å². The maximum Gasteiger partial charge on any atom is 0.317 e. The van der Waals surface area contributed by atoms with E-state index in [1.807, 2.05) is 36.4 Å². The van der Waals surface area contributed by atoms with Crippen LogP contribution in [0.3, 0.4) is 0 Å². The van der Waals surface area contributed by atoms with Crippen LogP contribution in [0.1, 0.15) is 31.4 Å². The molecule has 7 nitrogen and oxygen atoms in total. The van der Waals surface area contributed by atoms with Gasteiger partial charge in [-0.3, -0.25) is 9.59 Å². The van der Waals surface area contributed by atoms with Gasteiger partial charge in [0.15, 0.2) is 10.4 Å². The lowest BCUT2D eigenvalue weighted by Gasteiger charge is -2.31. The first kappa shape index (κ1) is 23.3. The highest BCUT2D eigenvalue weighted by molar-refractivity contribution is 8.01. The lowest BCUT2D eigenvalue weighted by atomic mass is 10.0. The highest BCUT2D eigenvalue weighted by Gasteiger charge is 2.28. The lowest BCUT2D eigenvalue weighted by molar-refractivity contribution is -0.151. The fraction of sp³-hybridized carbons (Fsp3) is 0.333. The molecule has 0 fully saturated rings. The van der Waals surface area contributed by atoms with E-state index < -0.39 is 12.1 Å². The molecule has 1 unspecified atom stereocenters. The summed E-state index contributed by atoms with van der Waals surface area (Å²) in [6.45, 7) is 4.37. The maximum atomic E-state index is 12.9. The molecular weight excluding hydrogens is 456 g/mol. The Bertz CT molecular complexity index is 1120. The van der Waals surface area contributed by atoms with Crippen molar-refractivity contribution in [2.45, 2.75) is 43.6 Å². The highest BCUT2D eigenvalue weighted by Crippen LogP contribution is 2.29. The molecule has 0 spiro atoms. The van der Waals surface area contributed by atoms with E-state index in [0.717, 1.165) is 36.2 Å². The number of amides is 1. The molecule has 2 aromatic carbocycles. The van der Waals surface area contributed by atoms with Gasteiger partial charge in [0.2, 0.25) is 5.13 Å². The third-order valence-corrected chi connectivity index (χ3v) is 7.31. The number of fused-ring (bicyclic) bond motifs is 1. The Kier molecular flexibility index (Phi) is 7.61. The minimum Gasteiger partial charge on any atom is -0.452 e. The molecule has 33 heavy (non-hydrogen) atoms. The zero-order chi connectivity index (χ0) is 23.2. The number of nitrogens with one attached hydrogen (secondary N) is 1. The molecule has 2 heterocycles. The van der Waals surface area contributed by atoms with Gasteiger partial charge in [-0.2, -0.15) is 0 Å².